The first kappa shape index (κ1) is 14.2. The van der Waals surface area contributed by atoms with Gasteiger partial charge in [0.25, 0.3) is 0 Å². The second kappa shape index (κ2) is 5.67. The number of carbonyl (C=O) groups excluding carboxylic acids is 1. The summed E-state index contributed by atoms with van der Waals surface area (Å²) in [5.41, 5.74) is 0.580. The summed E-state index contributed by atoms with van der Waals surface area (Å²) in [5.74, 6) is 0.148. The highest BCUT2D eigenvalue weighted by Gasteiger charge is 2.32. The predicted molar refractivity (Wildman–Crippen MR) is 75.5 cm³/mol. The monoisotopic (exact) mass is 297 g/mol. The van der Waals surface area contributed by atoms with E-state index in [1.54, 1.807) is 4.90 Å². The van der Waals surface area contributed by atoms with Crippen molar-refractivity contribution in [2.75, 3.05) is 13.6 Å². The second-order valence-electron chi connectivity index (χ2n) is 4.96. The Morgan fingerprint density at radius 1 is 1.35 bits per heavy atom. The van der Waals surface area contributed by atoms with Gasteiger partial charge in [0.2, 0.25) is 5.91 Å². The number of benzene rings is 1. The fourth-order valence-corrected chi connectivity index (χ4v) is 2.35. The fraction of sp³-hybridized carbons (Fsp3) is 0.500. The summed E-state index contributed by atoms with van der Waals surface area (Å²) in [5, 5.41) is 0. The van der Waals surface area contributed by atoms with E-state index in [-0.39, 0.29) is 5.91 Å². The van der Waals surface area contributed by atoms with Crippen LogP contribution in [0, 0.1) is 0 Å². The number of likely N-dealkylation sites (N-methyl/N-ethyl adjacent to an activating group) is 1. The molecule has 0 radical (unpaired) electrons. The SMILES string of the molecule is CC(Br)CN(C)C(=O)C(C)(C)c1ccccc1. The average Bonchev–Trinajstić information content (AvgIpc) is 2.28. The van der Waals surface area contributed by atoms with Crippen molar-refractivity contribution >= 4 is 21.8 Å². The van der Waals surface area contributed by atoms with Gasteiger partial charge in [-0.15, -0.1) is 0 Å². The first-order valence-electron chi connectivity index (χ1n) is 5.81. The van der Waals surface area contributed by atoms with Crippen LogP contribution in [-0.4, -0.2) is 29.2 Å². The molecule has 0 bridgehead atoms. The Kier molecular flexibility index (Phi) is 4.75. The molecule has 0 aromatic heterocycles. The first-order chi connectivity index (χ1) is 7.85. The molecule has 0 saturated heterocycles. The van der Waals surface area contributed by atoms with Crippen LogP contribution in [0.4, 0.5) is 0 Å². The van der Waals surface area contributed by atoms with Crippen molar-refractivity contribution in [2.24, 2.45) is 0 Å². The van der Waals surface area contributed by atoms with Crippen molar-refractivity contribution in [2.45, 2.75) is 31.0 Å². The van der Waals surface area contributed by atoms with Crippen molar-refractivity contribution in [3.05, 3.63) is 35.9 Å². The highest BCUT2D eigenvalue weighted by Crippen LogP contribution is 2.25. The summed E-state index contributed by atoms with van der Waals surface area (Å²) in [6, 6.07) is 9.91. The van der Waals surface area contributed by atoms with Crippen molar-refractivity contribution in [3.63, 3.8) is 0 Å². The van der Waals surface area contributed by atoms with Gasteiger partial charge >= 0.3 is 0 Å². The van der Waals surface area contributed by atoms with Crippen LogP contribution in [0.5, 0.6) is 0 Å². The molecular weight excluding hydrogens is 278 g/mol. The van der Waals surface area contributed by atoms with E-state index in [4.69, 9.17) is 0 Å². The van der Waals surface area contributed by atoms with Gasteiger partial charge in [-0.3, -0.25) is 4.79 Å². The smallest absolute Gasteiger partial charge is 0.232 e. The third kappa shape index (κ3) is 3.56. The molecule has 17 heavy (non-hydrogen) atoms. The highest BCUT2D eigenvalue weighted by molar-refractivity contribution is 9.09. The minimum absolute atomic E-state index is 0.148. The first-order valence-corrected chi connectivity index (χ1v) is 6.72. The van der Waals surface area contributed by atoms with Gasteiger partial charge in [0.05, 0.1) is 5.41 Å². The molecule has 1 rings (SSSR count). The molecule has 0 fully saturated rings. The van der Waals surface area contributed by atoms with E-state index < -0.39 is 5.41 Å². The van der Waals surface area contributed by atoms with E-state index in [1.807, 2.05) is 58.2 Å². The summed E-state index contributed by atoms with van der Waals surface area (Å²) >= 11 is 3.47. The van der Waals surface area contributed by atoms with Crippen LogP contribution >= 0.6 is 15.9 Å². The second-order valence-corrected chi connectivity index (χ2v) is 6.52. The van der Waals surface area contributed by atoms with Crippen LogP contribution < -0.4 is 0 Å². The number of carbonyl (C=O) groups is 1. The zero-order valence-electron chi connectivity index (χ0n) is 10.9. The molecule has 0 aliphatic carbocycles. The highest BCUT2D eigenvalue weighted by atomic mass is 79.9. The molecule has 94 valence electrons. The van der Waals surface area contributed by atoms with Gasteiger partial charge in [-0.25, -0.2) is 0 Å². The topological polar surface area (TPSA) is 20.3 Å². The van der Waals surface area contributed by atoms with E-state index >= 15 is 0 Å². The fourth-order valence-electron chi connectivity index (χ4n) is 1.92. The molecule has 3 heteroatoms. The molecule has 2 nitrogen and oxygen atoms in total. The number of amides is 1. The molecule has 0 spiro atoms. The van der Waals surface area contributed by atoms with Crippen LogP contribution in [0.3, 0.4) is 0 Å². The Hall–Kier alpha value is -0.830. The summed E-state index contributed by atoms with van der Waals surface area (Å²) in [7, 11) is 1.85. The number of rotatable bonds is 4. The Bertz CT molecular complexity index is 373. The quantitative estimate of drug-likeness (QED) is 0.782. The number of hydrogen-bond acceptors (Lipinski definition) is 1. The molecule has 1 aromatic carbocycles. The van der Waals surface area contributed by atoms with Gasteiger partial charge < -0.3 is 4.90 Å². The third-order valence-corrected chi connectivity index (χ3v) is 3.19. The largest absolute Gasteiger partial charge is 0.344 e. The van der Waals surface area contributed by atoms with Crippen LogP contribution in [0.15, 0.2) is 30.3 Å². The molecule has 0 aliphatic heterocycles. The van der Waals surface area contributed by atoms with Gasteiger partial charge in [-0.2, -0.15) is 0 Å². The van der Waals surface area contributed by atoms with Crippen molar-refractivity contribution in [1.29, 1.82) is 0 Å². The zero-order chi connectivity index (χ0) is 13.1. The van der Waals surface area contributed by atoms with Crippen LogP contribution in [-0.2, 0) is 10.2 Å². The lowest BCUT2D eigenvalue weighted by atomic mass is 9.83. The zero-order valence-corrected chi connectivity index (χ0v) is 12.5. The molecule has 1 amide bonds. The third-order valence-electron chi connectivity index (χ3n) is 2.90. The van der Waals surface area contributed by atoms with Crippen LogP contribution in [0.25, 0.3) is 0 Å². The Morgan fingerprint density at radius 3 is 2.35 bits per heavy atom. The summed E-state index contributed by atoms with van der Waals surface area (Å²) in [4.78, 5) is 14.5. The number of alkyl halides is 1. The number of hydrogen-bond donors (Lipinski definition) is 0. The number of nitrogens with zero attached hydrogens (tertiary/aromatic N) is 1. The van der Waals surface area contributed by atoms with Gasteiger partial charge in [0.1, 0.15) is 0 Å². The minimum atomic E-state index is -0.474. The molecule has 0 heterocycles. The van der Waals surface area contributed by atoms with E-state index in [9.17, 15) is 4.79 Å². The minimum Gasteiger partial charge on any atom is -0.344 e. The molecule has 0 saturated carbocycles. The van der Waals surface area contributed by atoms with Gasteiger partial charge in [-0.05, 0) is 19.4 Å². The maximum atomic E-state index is 12.4. The maximum Gasteiger partial charge on any atom is 0.232 e. The van der Waals surface area contributed by atoms with Gasteiger partial charge in [-0.1, -0.05) is 53.2 Å². The molecule has 0 aliphatic rings. The molecule has 1 aromatic rings. The predicted octanol–water partition coefficient (Wildman–Crippen LogP) is 3.21. The Morgan fingerprint density at radius 2 is 1.88 bits per heavy atom. The Balaban J connectivity index is 2.87. The lowest BCUT2D eigenvalue weighted by Crippen LogP contribution is -2.43. The van der Waals surface area contributed by atoms with Crippen molar-refractivity contribution < 1.29 is 4.79 Å². The van der Waals surface area contributed by atoms with Crippen molar-refractivity contribution in [1.82, 2.24) is 4.90 Å². The summed E-state index contributed by atoms with van der Waals surface area (Å²) in [6.07, 6.45) is 0. The lowest BCUT2D eigenvalue weighted by molar-refractivity contribution is -0.134. The maximum absolute atomic E-state index is 12.4. The van der Waals surface area contributed by atoms with Crippen molar-refractivity contribution in [3.8, 4) is 0 Å². The lowest BCUT2D eigenvalue weighted by Gasteiger charge is -2.30. The standard InChI is InChI=1S/C14H20BrNO/c1-11(15)10-16(4)13(17)14(2,3)12-8-6-5-7-9-12/h5-9,11H,10H2,1-4H3. The molecular formula is C14H20BrNO. The molecule has 1 unspecified atom stereocenters. The van der Waals surface area contributed by atoms with E-state index in [1.165, 1.54) is 0 Å². The van der Waals surface area contributed by atoms with Gasteiger partial charge in [0.15, 0.2) is 0 Å². The normalized spacial score (nSPS) is 13.2. The van der Waals surface area contributed by atoms with E-state index in [0.29, 0.717) is 4.83 Å². The number of halogens is 1. The summed E-state index contributed by atoms with van der Waals surface area (Å²) < 4.78 is 0. The average molecular weight is 298 g/mol. The Labute approximate surface area is 112 Å². The van der Waals surface area contributed by atoms with Crippen LogP contribution in [0.2, 0.25) is 0 Å². The van der Waals surface area contributed by atoms with Gasteiger partial charge in [0, 0.05) is 18.4 Å². The van der Waals surface area contributed by atoms with E-state index in [0.717, 1.165) is 12.1 Å². The molecule has 0 N–H and O–H groups in total. The molecule has 1 atom stereocenters. The van der Waals surface area contributed by atoms with E-state index in [2.05, 4.69) is 15.9 Å². The van der Waals surface area contributed by atoms with Crippen LogP contribution in [0.1, 0.15) is 26.3 Å². The summed E-state index contributed by atoms with van der Waals surface area (Å²) in [6.45, 7) is 6.70.